The molecule has 9 nitrogen and oxygen atoms in total. The summed E-state index contributed by atoms with van der Waals surface area (Å²) < 4.78 is 6.49. The fourth-order valence-corrected chi connectivity index (χ4v) is 3.08. The van der Waals surface area contributed by atoms with E-state index >= 15 is 0 Å². The normalized spacial score (nSPS) is 14.3. The smallest absolute Gasteiger partial charge is 0.310 e. The summed E-state index contributed by atoms with van der Waals surface area (Å²) in [6, 6.07) is 5.36. The van der Waals surface area contributed by atoms with Crippen LogP contribution in [0.5, 0.6) is 0 Å². The van der Waals surface area contributed by atoms with E-state index < -0.39 is 11.8 Å². The van der Waals surface area contributed by atoms with Crippen molar-refractivity contribution in [1.29, 1.82) is 0 Å². The maximum Gasteiger partial charge on any atom is 0.310 e. The van der Waals surface area contributed by atoms with Crippen molar-refractivity contribution in [3.63, 3.8) is 0 Å². The molecular weight excluding hydrogens is 374 g/mol. The van der Waals surface area contributed by atoms with Crippen molar-refractivity contribution in [1.82, 2.24) is 25.0 Å². The highest BCUT2D eigenvalue weighted by atomic mass is 16.5. The van der Waals surface area contributed by atoms with E-state index in [4.69, 9.17) is 4.74 Å². The minimum absolute atomic E-state index is 0.142. The van der Waals surface area contributed by atoms with E-state index in [1.165, 1.54) is 6.07 Å². The van der Waals surface area contributed by atoms with Gasteiger partial charge in [0.05, 0.1) is 19.1 Å². The van der Waals surface area contributed by atoms with Crippen molar-refractivity contribution >= 4 is 17.8 Å². The lowest BCUT2D eigenvalue weighted by Gasteiger charge is -2.27. The average Bonchev–Trinajstić information content (AvgIpc) is 3.17. The van der Waals surface area contributed by atoms with Crippen LogP contribution in [0.3, 0.4) is 0 Å². The van der Waals surface area contributed by atoms with Crippen LogP contribution >= 0.6 is 0 Å². The summed E-state index contributed by atoms with van der Waals surface area (Å²) in [5.41, 5.74) is 1.68. The molecule has 154 valence electrons. The summed E-state index contributed by atoms with van der Waals surface area (Å²) in [4.78, 5) is 42.5. The molecule has 29 heavy (non-hydrogen) atoms. The molecule has 0 unspecified atom stereocenters. The summed E-state index contributed by atoms with van der Waals surface area (Å²) in [6.07, 6.45) is 4.20. The van der Waals surface area contributed by atoms with E-state index in [2.05, 4.69) is 15.4 Å². The summed E-state index contributed by atoms with van der Waals surface area (Å²) in [5, 5.41) is 6.92. The monoisotopic (exact) mass is 399 g/mol. The molecule has 2 aromatic rings. The Hall–Kier alpha value is -3.23. The van der Waals surface area contributed by atoms with Crippen molar-refractivity contribution in [2.45, 2.75) is 26.8 Å². The van der Waals surface area contributed by atoms with Crippen molar-refractivity contribution in [3.8, 4) is 0 Å². The molecular formula is C20H25N5O4. The third kappa shape index (κ3) is 4.98. The highest BCUT2D eigenvalue weighted by Gasteiger charge is 2.28. The molecule has 3 rings (SSSR count). The lowest BCUT2D eigenvalue weighted by Crippen LogP contribution is -2.41. The lowest BCUT2D eigenvalue weighted by molar-refractivity contribution is -0.147. The number of hydrogen-bond acceptors (Lipinski definition) is 6. The largest absolute Gasteiger partial charge is 0.466 e. The number of aromatic nitrogens is 3. The first-order chi connectivity index (χ1) is 14.0. The number of nitrogens with one attached hydrogen (secondary N) is 1. The molecule has 1 aliphatic heterocycles. The number of pyridine rings is 1. The fraction of sp³-hybridized carbons (Fsp3) is 0.450. The second kappa shape index (κ2) is 9.31. The Labute approximate surface area is 169 Å². The Morgan fingerprint density at radius 1 is 1.28 bits per heavy atom. The summed E-state index contributed by atoms with van der Waals surface area (Å²) in [7, 11) is 0. The standard InChI is InChI=1S/C20H25N5O4/c1-3-29-20(28)14(2)13-22-18(26)16-12-17-19(27)24(10-11-25(17)23-16)9-6-15-4-7-21-8-5-15/h4-5,7-8,12,14H,3,6,9-11,13H2,1-2H3,(H,22,26)/t14-/m0/s1. The van der Waals surface area contributed by atoms with Crippen molar-refractivity contribution in [3.05, 3.63) is 47.5 Å². The molecule has 9 heteroatoms. The zero-order chi connectivity index (χ0) is 20.8. The fourth-order valence-electron chi connectivity index (χ4n) is 3.08. The molecule has 1 aliphatic rings. The van der Waals surface area contributed by atoms with Crippen LogP contribution in [0.1, 0.15) is 40.4 Å². The van der Waals surface area contributed by atoms with Gasteiger partial charge in [-0.25, -0.2) is 0 Å². The molecule has 3 heterocycles. The Bertz CT molecular complexity index is 880. The number of carbonyl (C=O) groups is 3. The van der Waals surface area contributed by atoms with Crippen LogP contribution in [0.15, 0.2) is 30.6 Å². The van der Waals surface area contributed by atoms with E-state index in [0.717, 1.165) is 12.0 Å². The van der Waals surface area contributed by atoms with Crippen LogP contribution in [0.4, 0.5) is 0 Å². The van der Waals surface area contributed by atoms with Crippen LogP contribution in [-0.2, 0) is 22.5 Å². The zero-order valence-electron chi connectivity index (χ0n) is 16.6. The van der Waals surface area contributed by atoms with Crippen LogP contribution in [0, 0.1) is 5.92 Å². The maximum absolute atomic E-state index is 12.8. The Balaban J connectivity index is 1.58. The van der Waals surface area contributed by atoms with Gasteiger partial charge < -0.3 is 15.0 Å². The van der Waals surface area contributed by atoms with Gasteiger partial charge in [0.15, 0.2) is 5.69 Å². The first-order valence-corrected chi connectivity index (χ1v) is 9.70. The number of nitrogens with zero attached hydrogens (tertiary/aromatic N) is 4. The number of hydrogen-bond donors (Lipinski definition) is 1. The van der Waals surface area contributed by atoms with Gasteiger partial charge in [-0.05, 0) is 31.0 Å². The molecule has 0 saturated carbocycles. The van der Waals surface area contributed by atoms with Crippen LogP contribution < -0.4 is 5.32 Å². The first kappa shape index (κ1) is 20.5. The average molecular weight is 399 g/mol. The molecule has 0 aromatic carbocycles. The van der Waals surface area contributed by atoms with Crippen molar-refractivity contribution < 1.29 is 19.1 Å². The van der Waals surface area contributed by atoms with Crippen molar-refractivity contribution in [2.75, 3.05) is 26.2 Å². The number of fused-ring (bicyclic) bond motifs is 1. The Morgan fingerprint density at radius 2 is 2.03 bits per heavy atom. The lowest BCUT2D eigenvalue weighted by atomic mass is 10.1. The molecule has 2 aromatic heterocycles. The van der Waals surface area contributed by atoms with Gasteiger partial charge in [0, 0.05) is 38.1 Å². The maximum atomic E-state index is 12.8. The highest BCUT2D eigenvalue weighted by molar-refractivity contribution is 5.98. The predicted molar refractivity (Wildman–Crippen MR) is 104 cm³/mol. The quantitative estimate of drug-likeness (QED) is 0.661. The van der Waals surface area contributed by atoms with Gasteiger partial charge in [0.25, 0.3) is 11.8 Å². The first-order valence-electron chi connectivity index (χ1n) is 9.70. The molecule has 2 amide bonds. The van der Waals surface area contributed by atoms with E-state index in [0.29, 0.717) is 31.9 Å². The van der Waals surface area contributed by atoms with Crippen molar-refractivity contribution in [2.24, 2.45) is 5.92 Å². The minimum atomic E-state index is -0.457. The third-order valence-corrected chi connectivity index (χ3v) is 4.78. The molecule has 0 spiro atoms. The van der Waals surface area contributed by atoms with Gasteiger partial charge in [-0.2, -0.15) is 5.10 Å². The number of amides is 2. The van der Waals surface area contributed by atoms with E-state index in [1.807, 2.05) is 12.1 Å². The van der Waals surface area contributed by atoms with E-state index in [-0.39, 0.29) is 24.1 Å². The van der Waals surface area contributed by atoms with Gasteiger partial charge in [0.1, 0.15) is 5.69 Å². The molecule has 0 radical (unpaired) electrons. The van der Waals surface area contributed by atoms with Crippen LogP contribution in [0.25, 0.3) is 0 Å². The predicted octanol–water partition coefficient (Wildman–Crippen LogP) is 0.906. The van der Waals surface area contributed by atoms with Gasteiger partial charge in [-0.3, -0.25) is 24.0 Å². The summed E-state index contributed by atoms with van der Waals surface area (Å²) in [6.45, 7) is 5.52. The minimum Gasteiger partial charge on any atom is -0.466 e. The molecule has 1 N–H and O–H groups in total. The van der Waals surface area contributed by atoms with Gasteiger partial charge in [-0.15, -0.1) is 0 Å². The summed E-state index contributed by atoms with van der Waals surface area (Å²) in [5.74, 6) is -1.38. The number of carbonyl (C=O) groups excluding carboxylic acids is 3. The Morgan fingerprint density at radius 3 is 2.76 bits per heavy atom. The zero-order valence-corrected chi connectivity index (χ0v) is 16.6. The highest BCUT2D eigenvalue weighted by Crippen LogP contribution is 2.15. The van der Waals surface area contributed by atoms with E-state index in [1.54, 1.807) is 35.8 Å². The number of esters is 1. The number of ether oxygens (including phenoxy) is 1. The Kier molecular flexibility index (Phi) is 6.58. The molecule has 0 bridgehead atoms. The second-order valence-corrected chi connectivity index (χ2v) is 6.90. The molecule has 1 atom stereocenters. The van der Waals surface area contributed by atoms with Gasteiger partial charge >= 0.3 is 5.97 Å². The topological polar surface area (TPSA) is 106 Å². The van der Waals surface area contributed by atoms with Gasteiger partial charge in [-0.1, -0.05) is 6.92 Å². The molecule has 0 saturated heterocycles. The van der Waals surface area contributed by atoms with E-state index in [9.17, 15) is 14.4 Å². The van der Waals surface area contributed by atoms with Crippen LogP contribution in [-0.4, -0.2) is 63.7 Å². The second-order valence-electron chi connectivity index (χ2n) is 6.90. The van der Waals surface area contributed by atoms with Gasteiger partial charge in [0.2, 0.25) is 0 Å². The molecule has 0 aliphatic carbocycles. The SMILES string of the molecule is CCOC(=O)[C@@H](C)CNC(=O)c1cc2n(n1)CCN(CCc1ccncc1)C2=O. The summed E-state index contributed by atoms with van der Waals surface area (Å²) >= 11 is 0. The third-order valence-electron chi connectivity index (χ3n) is 4.78. The number of rotatable bonds is 8. The van der Waals surface area contributed by atoms with Crippen LogP contribution in [0.2, 0.25) is 0 Å². The molecule has 0 fully saturated rings.